The number of rotatable bonds is 7. The van der Waals surface area contributed by atoms with E-state index >= 15 is 0 Å². The number of aromatic nitrogens is 1. The molecule has 1 unspecified atom stereocenters. The molecular formula is C20H20N2O4. The SMILES string of the molecule is O=C(CCc1c[nH]c2ccccc12)NC(Cc1ccc(O)cc1)C(=O)O. The number of nitrogens with one attached hydrogen (secondary N) is 2. The molecule has 0 fully saturated rings. The number of aromatic amines is 1. The molecule has 4 N–H and O–H groups in total. The number of fused-ring (bicyclic) bond motifs is 1. The van der Waals surface area contributed by atoms with E-state index in [0.717, 1.165) is 22.0 Å². The summed E-state index contributed by atoms with van der Waals surface area (Å²) in [6, 6.07) is 13.1. The first-order valence-electron chi connectivity index (χ1n) is 8.38. The first-order chi connectivity index (χ1) is 12.5. The van der Waals surface area contributed by atoms with Crippen LogP contribution in [0.25, 0.3) is 10.9 Å². The average Bonchev–Trinajstić information content (AvgIpc) is 3.04. The summed E-state index contributed by atoms with van der Waals surface area (Å²) in [6.45, 7) is 0. The van der Waals surface area contributed by atoms with E-state index in [1.165, 1.54) is 12.1 Å². The summed E-state index contributed by atoms with van der Waals surface area (Å²) in [7, 11) is 0. The number of carbonyl (C=O) groups excluding carboxylic acids is 1. The van der Waals surface area contributed by atoms with Crippen molar-refractivity contribution in [3.63, 3.8) is 0 Å². The third-order valence-electron chi connectivity index (χ3n) is 4.31. The van der Waals surface area contributed by atoms with Crippen LogP contribution in [0.15, 0.2) is 54.7 Å². The Morgan fingerprint density at radius 3 is 2.54 bits per heavy atom. The highest BCUT2D eigenvalue weighted by Crippen LogP contribution is 2.19. The smallest absolute Gasteiger partial charge is 0.326 e. The molecule has 0 aliphatic heterocycles. The van der Waals surface area contributed by atoms with Crippen molar-refractivity contribution in [3.8, 4) is 5.75 Å². The zero-order chi connectivity index (χ0) is 18.5. The number of phenolic OH excluding ortho intramolecular Hbond substituents is 1. The van der Waals surface area contributed by atoms with Gasteiger partial charge in [0.15, 0.2) is 0 Å². The highest BCUT2D eigenvalue weighted by molar-refractivity contribution is 5.86. The molecule has 1 heterocycles. The number of para-hydroxylation sites is 1. The Hall–Kier alpha value is -3.28. The number of carboxylic acid groups (broad SMARTS) is 1. The molecule has 1 aromatic heterocycles. The number of benzene rings is 2. The summed E-state index contributed by atoms with van der Waals surface area (Å²) < 4.78 is 0. The van der Waals surface area contributed by atoms with Gasteiger partial charge < -0.3 is 20.5 Å². The molecule has 0 saturated carbocycles. The van der Waals surface area contributed by atoms with Crippen LogP contribution in [-0.4, -0.2) is 33.1 Å². The number of hydrogen-bond acceptors (Lipinski definition) is 3. The van der Waals surface area contributed by atoms with E-state index in [-0.39, 0.29) is 24.5 Å². The summed E-state index contributed by atoms with van der Waals surface area (Å²) in [6.07, 6.45) is 2.78. The second-order valence-electron chi connectivity index (χ2n) is 6.19. The van der Waals surface area contributed by atoms with E-state index in [4.69, 9.17) is 0 Å². The molecule has 0 saturated heterocycles. The van der Waals surface area contributed by atoms with E-state index in [1.54, 1.807) is 12.1 Å². The number of carboxylic acids is 1. The molecule has 3 aromatic rings. The van der Waals surface area contributed by atoms with E-state index in [9.17, 15) is 19.8 Å². The van der Waals surface area contributed by atoms with E-state index in [0.29, 0.717) is 6.42 Å². The van der Waals surface area contributed by atoms with Gasteiger partial charge in [0.2, 0.25) is 5.91 Å². The van der Waals surface area contributed by atoms with Crippen molar-refractivity contribution in [1.82, 2.24) is 10.3 Å². The number of amides is 1. The number of hydrogen-bond donors (Lipinski definition) is 4. The van der Waals surface area contributed by atoms with Crippen molar-refractivity contribution in [2.75, 3.05) is 0 Å². The lowest BCUT2D eigenvalue weighted by molar-refractivity contribution is -0.141. The van der Waals surface area contributed by atoms with Gasteiger partial charge in [-0.05, 0) is 35.7 Å². The van der Waals surface area contributed by atoms with Gasteiger partial charge in [0, 0.05) is 29.9 Å². The molecule has 0 aliphatic rings. The molecule has 6 heteroatoms. The number of aryl methyl sites for hydroxylation is 1. The summed E-state index contributed by atoms with van der Waals surface area (Å²) in [5.41, 5.74) is 2.77. The Bertz CT molecular complexity index is 915. The first kappa shape index (κ1) is 17.5. The van der Waals surface area contributed by atoms with Crippen LogP contribution in [0.1, 0.15) is 17.5 Å². The normalized spacial score (nSPS) is 12.0. The zero-order valence-electron chi connectivity index (χ0n) is 14.1. The molecule has 0 radical (unpaired) electrons. The lowest BCUT2D eigenvalue weighted by atomic mass is 10.0. The largest absolute Gasteiger partial charge is 0.508 e. The average molecular weight is 352 g/mol. The van der Waals surface area contributed by atoms with Crippen LogP contribution in [0.4, 0.5) is 0 Å². The van der Waals surface area contributed by atoms with E-state index < -0.39 is 12.0 Å². The molecular weight excluding hydrogens is 332 g/mol. The maximum absolute atomic E-state index is 12.2. The Morgan fingerprint density at radius 1 is 1.08 bits per heavy atom. The van der Waals surface area contributed by atoms with E-state index in [2.05, 4.69) is 10.3 Å². The quantitative estimate of drug-likeness (QED) is 0.525. The number of H-pyrrole nitrogens is 1. The molecule has 1 atom stereocenters. The van der Waals surface area contributed by atoms with Crippen LogP contribution in [0.2, 0.25) is 0 Å². The van der Waals surface area contributed by atoms with Crippen LogP contribution in [0.3, 0.4) is 0 Å². The van der Waals surface area contributed by atoms with Gasteiger partial charge in [-0.1, -0.05) is 30.3 Å². The number of phenols is 1. The Morgan fingerprint density at radius 2 is 1.81 bits per heavy atom. The Labute approximate surface area is 150 Å². The summed E-state index contributed by atoms with van der Waals surface area (Å²) in [4.78, 5) is 26.8. The van der Waals surface area contributed by atoms with Gasteiger partial charge in [-0.25, -0.2) is 4.79 Å². The van der Waals surface area contributed by atoms with Gasteiger partial charge in [-0.3, -0.25) is 4.79 Å². The zero-order valence-corrected chi connectivity index (χ0v) is 14.1. The maximum Gasteiger partial charge on any atom is 0.326 e. The molecule has 1 amide bonds. The van der Waals surface area contributed by atoms with Crippen LogP contribution in [0, 0.1) is 0 Å². The molecule has 26 heavy (non-hydrogen) atoms. The van der Waals surface area contributed by atoms with Gasteiger partial charge in [0.25, 0.3) is 0 Å². The predicted molar refractivity (Wildman–Crippen MR) is 98.0 cm³/mol. The highest BCUT2D eigenvalue weighted by atomic mass is 16.4. The number of aromatic hydroxyl groups is 1. The van der Waals surface area contributed by atoms with Crippen LogP contribution in [-0.2, 0) is 22.4 Å². The predicted octanol–water partition coefficient (Wildman–Crippen LogP) is 2.62. The molecule has 2 aromatic carbocycles. The molecule has 134 valence electrons. The minimum Gasteiger partial charge on any atom is -0.508 e. The first-order valence-corrected chi connectivity index (χ1v) is 8.38. The maximum atomic E-state index is 12.2. The molecule has 6 nitrogen and oxygen atoms in total. The minimum absolute atomic E-state index is 0.114. The number of carbonyl (C=O) groups is 2. The summed E-state index contributed by atoms with van der Waals surface area (Å²) in [5.74, 6) is -1.27. The van der Waals surface area contributed by atoms with Gasteiger partial charge in [0.05, 0.1) is 0 Å². The Balaban J connectivity index is 1.59. The van der Waals surface area contributed by atoms with Crippen LogP contribution >= 0.6 is 0 Å². The van der Waals surface area contributed by atoms with Gasteiger partial charge in [-0.2, -0.15) is 0 Å². The molecule has 3 rings (SSSR count). The fourth-order valence-corrected chi connectivity index (χ4v) is 2.92. The fraction of sp³-hybridized carbons (Fsp3) is 0.200. The summed E-state index contributed by atoms with van der Waals surface area (Å²) in [5, 5.41) is 22.3. The van der Waals surface area contributed by atoms with E-state index in [1.807, 2.05) is 30.5 Å². The van der Waals surface area contributed by atoms with Crippen molar-refractivity contribution in [1.29, 1.82) is 0 Å². The molecule has 0 spiro atoms. The van der Waals surface area contributed by atoms with Crippen molar-refractivity contribution < 1.29 is 19.8 Å². The third-order valence-corrected chi connectivity index (χ3v) is 4.31. The summed E-state index contributed by atoms with van der Waals surface area (Å²) >= 11 is 0. The molecule has 0 bridgehead atoms. The lowest BCUT2D eigenvalue weighted by Gasteiger charge is -2.14. The topological polar surface area (TPSA) is 102 Å². The second-order valence-corrected chi connectivity index (χ2v) is 6.19. The van der Waals surface area contributed by atoms with Crippen molar-refractivity contribution in [2.45, 2.75) is 25.3 Å². The van der Waals surface area contributed by atoms with Crippen LogP contribution in [0.5, 0.6) is 5.75 Å². The number of aliphatic carboxylic acids is 1. The second kappa shape index (κ2) is 7.74. The molecule has 0 aliphatic carbocycles. The van der Waals surface area contributed by atoms with Gasteiger partial charge >= 0.3 is 5.97 Å². The van der Waals surface area contributed by atoms with Gasteiger partial charge in [0.1, 0.15) is 11.8 Å². The van der Waals surface area contributed by atoms with Crippen molar-refractivity contribution in [3.05, 3.63) is 65.9 Å². The fourth-order valence-electron chi connectivity index (χ4n) is 2.92. The monoisotopic (exact) mass is 352 g/mol. The lowest BCUT2D eigenvalue weighted by Crippen LogP contribution is -2.42. The third kappa shape index (κ3) is 4.22. The Kier molecular flexibility index (Phi) is 5.22. The van der Waals surface area contributed by atoms with Crippen molar-refractivity contribution in [2.24, 2.45) is 0 Å². The minimum atomic E-state index is -1.08. The van der Waals surface area contributed by atoms with Gasteiger partial charge in [-0.15, -0.1) is 0 Å². The van der Waals surface area contributed by atoms with Crippen molar-refractivity contribution >= 4 is 22.8 Å². The standard InChI is InChI=1S/C20H20N2O4/c23-15-8-5-13(6-9-15)11-18(20(25)26)22-19(24)10-7-14-12-21-17-4-2-1-3-16(14)17/h1-6,8-9,12,18,21,23H,7,10-11H2,(H,22,24)(H,25,26). The highest BCUT2D eigenvalue weighted by Gasteiger charge is 2.20. The van der Waals surface area contributed by atoms with Crippen LogP contribution < -0.4 is 5.32 Å².